The Labute approximate surface area is 178 Å². The Hall–Kier alpha value is -3.11. The highest BCUT2D eigenvalue weighted by Gasteiger charge is 2.40. The Morgan fingerprint density at radius 1 is 1.19 bits per heavy atom. The fourth-order valence-electron chi connectivity index (χ4n) is 3.36. The molecule has 1 aliphatic rings. The second-order valence-corrected chi connectivity index (χ2v) is 9.11. The van der Waals surface area contributed by atoms with Gasteiger partial charge in [0.25, 0.3) is 5.89 Å². The number of carbonyl (C=O) groups excluding carboxylic acids is 1. The van der Waals surface area contributed by atoms with E-state index < -0.39 is 22.0 Å². The van der Waals surface area contributed by atoms with Crippen molar-refractivity contribution in [2.45, 2.75) is 37.3 Å². The van der Waals surface area contributed by atoms with Crippen molar-refractivity contribution in [1.29, 1.82) is 0 Å². The molecule has 31 heavy (non-hydrogen) atoms. The van der Waals surface area contributed by atoms with Crippen LogP contribution in [0.2, 0.25) is 0 Å². The normalized spacial score (nSPS) is 17.0. The topological polar surface area (TPSA) is 103 Å². The molecule has 1 atom stereocenters. The summed E-state index contributed by atoms with van der Waals surface area (Å²) in [6.45, 7) is 1.84. The van der Waals surface area contributed by atoms with Crippen LogP contribution in [0.4, 0.5) is 4.39 Å². The SMILES string of the molecule is Cc1ccc(S(=O)(=O)N2CCC[C@H]2C(=O)OCc2noc(-c3ccc(F)cc3)n2)cc1. The van der Waals surface area contributed by atoms with Gasteiger partial charge in [-0.15, -0.1) is 0 Å². The number of sulfonamides is 1. The molecule has 0 amide bonds. The minimum absolute atomic E-state index is 0.124. The Morgan fingerprint density at radius 3 is 2.61 bits per heavy atom. The van der Waals surface area contributed by atoms with E-state index in [0.717, 1.165) is 5.56 Å². The van der Waals surface area contributed by atoms with Crippen molar-refractivity contribution in [3.05, 3.63) is 65.7 Å². The van der Waals surface area contributed by atoms with E-state index in [-0.39, 0.29) is 35.6 Å². The Balaban J connectivity index is 1.42. The molecule has 0 aliphatic carbocycles. The summed E-state index contributed by atoms with van der Waals surface area (Å²) in [6, 6.07) is 11.1. The first kappa shape index (κ1) is 21.1. The summed E-state index contributed by atoms with van der Waals surface area (Å²) in [6.07, 6.45) is 0.929. The standard InChI is InChI=1S/C21H20FN3O5S/c1-14-4-10-17(11-5-14)31(27,28)25-12-2-3-18(25)21(26)29-13-19-23-20(30-24-19)15-6-8-16(22)9-7-15/h4-11,18H,2-3,12-13H2,1H3/t18-/m0/s1. The maximum Gasteiger partial charge on any atom is 0.324 e. The maximum atomic E-state index is 13.0. The predicted molar refractivity (Wildman–Crippen MR) is 108 cm³/mol. The number of hydrogen-bond acceptors (Lipinski definition) is 7. The average molecular weight is 445 g/mol. The number of aryl methyl sites for hydroxylation is 1. The molecule has 0 spiro atoms. The summed E-state index contributed by atoms with van der Waals surface area (Å²) in [5.41, 5.74) is 1.47. The number of aromatic nitrogens is 2. The van der Waals surface area contributed by atoms with Crippen molar-refractivity contribution in [3.63, 3.8) is 0 Å². The van der Waals surface area contributed by atoms with Crippen LogP contribution in [-0.2, 0) is 26.2 Å². The molecule has 0 radical (unpaired) electrons. The lowest BCUT2D eigenvalue weighted by Gasteiger charge is -2.22. The lowest BCUT2D eigenvalue weighted by atomic mass is 10.2. The lowest BCUT2D eigenvalue weighted by Crippen LogP contribution is -2.41. The molecular weight excluding hydrogens is 425 g/mol. The highest BCUT2D eigenvalue weighted by molar-refractivity contribution is 7.89. The van der Waals surface area contributed by atoms with Crippen LogP contribution in [0.3, 0.4) is 0 Å². The van der Waals surface area contributed by atoms with E-state index in [4.69, 9.17) is 9.26 Å². The predicted octanol–water partition coefficient (Wildman–Crippen LogP) is 3.08. The van der Waals surface area contributed by atoms with Crippen LogP contribution in [-0.4, -0.2) is 41.4 Å². The van der Waals surface area contributed by atoms with E-state index in [2.05, 4.69) is 10.1 Å². The molecular formula is C21H20FN3O5S. The molecule has 1 saturated heterocycles. The average Bonchev–Trinajstić information content (AvgIpc) is 3.43. The van der Waals surface area contributed by atoms with Crippen molar-refractivity contribution in [1.82, 2.24) is 14.4 Å². The van der Waals surface area contributed by atoms with Crippen LogP contribution in [0.5, 0.6) is 0 Å². The number of hydrogen-bond donors (Lipinski definition) is 0. The molecule has 2 heterocycles. The third-order valence-corrected chi connectivity index (χ3v) is 6.93. The second kappa shape index (κ2) is 8.56. The first-order chi connectivity index (χ1) is 14.8. The van der Waals surface area contributed by atoms with Crippen molar-refractivity contribution < 1.29 is 26.9 Å². The van der Waals surface area contributed by atoms with Gasteiger partial charge in [0.1, 0.15) is 11.9 Å². The van der Waals surface area contributed by atoms with E-state index in [1.165, 1.54) is 40.7 Å². The first-order valence-electron chi connectivity index (χ1n) is 9.68. The summed E-state index contributed by atoms with van der Waals surface area (Å²) >= 11 is 0. The highest BCUT2D eigenvalue weighted by atomic mass is 32.2. The van der Waals surface area contributed by atoms with Gasteiger partial charge in [0.05, 0.1) is 4.90 Å². The van der Waals surface area contributed by atoms with E-state index in [1.54, 1.807) is 12.1 Å². The quantitative estimate of drug-likeness (QED) is 0.537. The van der Waals surface area contributed by atoms with Crippen LogP contribution >= 0.6 is 0 Å². The van der Waals surface area contributed by atoms with E-state index in [9.17, 15) is 17.6 Å². The van der Waals surface area contributed by atoms with Gasteiger partial charge in [-0.1, -0.05) is 22.9 Å². The van der Waals surface area contributed by atoms with Gasteiger partial charge in [0, 0.05) is 12.1 Å². The minimum atomic E-state index is -3.82. The number of nitrogens with zero attached hydrogens (tertiary/aromatic N) is 3. The van der Waals surface area contributed by atoms with Gasteiger partial charge < -0.3 is 9.26 Å². The first-order valence-corrected chi connectivity index (χ1v) is 11.1. The maximum absolute atomic E-state index is 13.0. The Morgan fingerprint density at radius 2 is 1.90 bits per heavy atom. The smallest absolute Gasteiger partial charge is 0.324 e. The summed E-state index contributed by atoms with van der Waals surface area (Å²) in [5.74, 6) is -0.769. The molecule has 2 aromatic carbocycles. The van der Waals surface area contributed by atoms with Crippen LogP contribution in [0.15, 0.2) is 57.9 Å². The Bertz CT molecular complexity index is 1180. The largest absolute Gasteiger partial charge is 0.456 e. The van der Waals surface area contributed by atoms with Gasteiger partial charge in [-0.3, -0.25) is 4.79 Å². The fraction of sp³-hybridized carbons (Fsp3) is 0.286. The van der Waals surface area contributed by atoms with Crippen LogP contribution in [0.1, 0.15) is 24.2 Å². The molecule has 0 bridgehead atoms. The Kier molecular flexibility index (Phi) is 5.84. The molecule has 1 aliphatic heterocycles. The summed E-state index contributed by atoms with van der Waals surface area (Å²) in [7, 11) is -3.82. The molecule has 1 fully saturated rings. The van der Waals surface area contributed by atoms with Gasteiger partial charge in [-0.2, -0.15) is 9.29 Å². The van der Waals surface area contributed by atoms with Gasteiger partial charge in [0.15, 0.2) is 6.61 Å². The molecule has 0 saturated carbocycles. The summed E-state index contributed by atoms with van der Waals surface area (Å²) in [5, 5.41) is 3.75. The van der Waals surface area contributed by atoms with Crippen molar-refractivity contribution in [2.75, 3.05) is 6.54 Å². The van der Waals surface area contributed by atoms with Gasteiger partial charge in [-0.25, -0.2) is 12.8 Å². The second-order valence-electron chi connectivity index (χ2n) is 7.22. The number of carbonyl (C=O) groups is 1. The van der Waals surface area contributed by atoms with E-state index >= 15 is 0 Å². The summed E-state index contributed by atoms with van der Waals surface area (Å²) in [4.78, 5) is 16.9. The zero-order valence-electron chi connectivity index (χ0n) is 16.7. The van der Waals surface area contributed by atoms with Gasteiger partial charge in [0.2, 0.25) is 15.8 Å². The molecule has 8 nitrogen and oxygen atoms in total. The number of ether oxygens (including phenoxy) is 1. The zero-order chi connectivity index (χ0) is 22.0. The molecule has 1 aromatic heterocycles. The van der Waals surface area contributed by atoms with Crippen molar-refractivity contribution in [3.8, 4) is 11.5 Å². The highest BCUT2D eigenvalue weighted by Crippen LogP contribution is 2.27. The molecule has 0 N–H and O–H groups in total. The van der Waals surface area contributed by atoms with Crippen molar-refractivity contribution >= 4 is 16.0 Å². The molecule has 3 aromatic rings. The number of benzene rings is 2. The minimum Gasteiger partial charge on any atom is -0.456 e. The molecule has 0 unspecified atom stereocenters. The zero-order valence-corrected chi connectivity index (χ0v) is 17.5. The fourth-order valence-corrected chi connectivity index (χ4v) is 5.01. The van der Waals surface area contributed by atoms with Gasteiger partial charge in [-0.05, 0) is 56.2 Å². The van der Waals surface area contributed by atoms with E-state index in [0.29, 0.717) is 18.4 Å². The third-order valence-electron chi connectivity index (χ3n) is 5.01. The lowest BCUT2D eigenvalue weighted by molar-refractivity contribution is -0.149. The molecule has 162 valence electrons. The van der Waals surface area contributed by atoms with Crippen molar-refractivity contribution in [2.24, 2.45) is 0 Å². The number of esters is 1. The van der Waals surface area contributed by atoms with Gasteiger partial charge >= 0.3 is 5.97 Å². The molecule has 10 heteroatoms. The molecule has 4 rings (SSSR count). The monoisotopic (exact) mass is 445 g/mol. The number of rotatable bonds is 6. The van der Waals surface area contributed by atoms with Crippen LogP contribution < -0.4 is 0 Å². The number of halogens is 1. The van der Waals surface area contributed by atoms with Crippen LogP contribution in [0, 0.1) is 12.7 Å². The summed E-state index contributed by atoms with van der Waals surface area (Å²) < 4.78 is 50.5. The van der Waals surface area contributed by atoms with E-state index in [1.807, 2.05) is 6.92 Å². The van der Waals surface area contributed by atoms with Crippen LogP contribution in [0.25, 0.3) is 11.5 Å². The third kappa shape index (κ3) is 4.49.